The predicted molar refractivity (Wildman–Crippen MR) is 67.5 cm³/mol. The molecule has 0 bridgehead atoms. The largest absolute Gasteiger partial charge is 0.488 e. The quantitative estimate of drug-likeness (QED) is 0.707. The normalized spacial score (nSPS) is 12.7. The Hall–Kier alpha value is -0.0900. The molecule has 0 fully saturated rings. The minimum absolute atomic E-state index is 0.282. The third-order valence-electron chi connectivity index (χ3n) is 1.59. The van der Waals surface area contributed by atoms with Crippen molar-refractivity contribution >= 4 is 31.9 Å². The Morgan fingerprint density at radius 1 is 1.20 bits per heavy atom. The van der Waals surface area contributed by atoms with Gasteiger partial charge in [0.1, 0.15) is 11.4 Å². The van der Waals surface area contributed by atoms with Gasteiger partial charge in [0.2, 0.25) is 3.49 Å². The summed E-state index contributed by atoms with van der Waals surface area (Å²) in [5.41, 5.74) is 0.195. The standard InChI is InChI=1S/C11H13Br2FO/c1-10(2,3)15-9-6-4-5-8(7-9)11(12,13)14/h4-7H,1-3H3. The number of halogens is 3. The third kappa shape index (κ3) is 4.51. The fourth-order valence-corrected chi connectivity index (χ4v) is 1.58. The van der Waals surface area contributed by atoms with Crippen LogP contribution in [-0.2, 0) is 3.49 Å². The zero-order valence-corrected chi connectivity index (χ0v) is 12.0. The molecule has 0 N–H and O–H groups in total. The highest BCUT2D eigenvalue weighted by Gasteiger charge is 2.24. The van der Waals surface area contributed by atoms with Crippen molar-refractivity contribution < 1.29 is 9.13 Å². The molecule has 0 saturated carbocycles. The van der Waals surface area contributed by atoms with E-state index in [4.69, 9.17) is 4.74 Å². The molecule has 0 aliphatic rings. The van der Waals surface area contributed by atoms with E-state index in [0.717, 1.165) is 0 Å². The second-order valence-electron chi connectivity index (χ2n) is 4.24. The summed E-state index contributed by atoms with van der Waals surface area (Å²) in [7, 11) is 0. The molecule has 1 rings (SSSR count). The zero-order chi connectivity index (χ0) is 11.7. The van der Waals surface area contributed by atoms with E-state index in [1.54, 1.807) is 24.3 Å². The van der Waals surface area contributed by atoms with E-state index < -0.39 is 3.49 Å². The van der Waals surface area contributed by atoms with Gasteiger partial charge in [-0.25, -0.2) is 4.39 Å². The Morgan fingerprint density at radius 3 is 2.27 bits per heavy atom. The van der Waals surface area contributed by atoms with E-state index in [1.807, 2.05) is 20.8 Å². The first-order valence-corrected chi connectivity index (χ1v) is 6.13. The van der Waals surface area contributed by atoms with Crippen molar-refractivity contribution in [1.82, 2.24) is 0 Å². The van der Waals surface area contributed by atoms with Gasteiger partial charge in [0, 0.05) is 5.56 Å². The van der Waals surface area contributed by atoms with E-state index in [-0.39, 0.29) is 5.60 Å². The molecule has 0 heterocycles. The first-order valence-electron chi connectivity index (χ1n) is 4.55. The van der Waals surface area contributed by atoms with Crippen LogP contribution < -0.4 is 4.74 Å². The SMILES string of the molecule is CC(C)(C)Oc1cccc(C(F)(Br)Br)c1. The Kier molecular flexibility index (Phi) is 3.82. The fourth-order valence-electron chi connectivity index (χ4n) is 1.09. The van der Waals surface area contributed by atoms with Gasteiger partial charge in [-0.1, -0.05) is 12.1 Å². The molecule has 15 heavy (non-hydrogen) atoms. The summed E-state index contributed by atoms with van der Waals surface area (Å²) in [5.74, 6) is 0.654. The summed E-state index contributed by atoms with van der Waals surface area (Å²) in [6.07, 6.45) is 0. The number of hydrogen-bond donors (Lipinski definition) is 0. The van der Waals surface area contributed by atoms with Crippen molar-refractivity contribution in [3.8, 4) is 5.75 Å². The molecule has 0 amide bonds. The van der Waals surface area contributed by atoms with Gasteiger partial charge in [0.25, 0.3) is 0 Å². The lowest BCUT2D eigenvalue weighted by atomic mass is 10.2. The molecule has 84 valence electrons. The lowest BCUT2D eigenvalue weighted by Gasteiger charge is -2.22. The van der Waals surface area contributed by atoms with E-state index in [1.165, 1.54) is 0 Å². The van der Waals surface area contributed by atoms with Gasteiger partial charge in [-0.05, 0) is 64.8 Å². The van der Waals surface area contributed by atoms with Crippen LogP contribution in [0.1, 0.15) is 26.3 Å². The summed E-state index contributed by atoms with van der Waals surface area (Å²) in [4.78, 5) is 0. The van der Waals surface area contributed by atoms with Crippen LogP contribution in [0.15, 0.2) is 24.3 Å². The molecule has 0 saturated heterocycles. The van der Waals surface area contributed by atoms with Gasteiger partial charge in [-0.15, -0.1) is 0 Å². The number of alkyl halides is 3. The summed E-state index contributed by atoms with van der Waals surface area (Å²) >= 11 is 5.79. The second-order valence-corrected chi connectivity index (χ2v) is 7.49. The zero-order valence-electron chi connectivity index (χ0n) is 8.85. The van der Waals surface area contributed by atoms with Crippen molar-refractivity contribution in [3.05, 3.63) is 29.8 Å². The van der Waals surface area contributed by atoms with Crippen molar-refractivity contribution in [2.75, 3.05) is 0 Å². The van der Waals surface area contributed by atoms with Crippen molar-refractivity contribution in [1.29, 1.82) is 0 Å². The predicted octanol–water partition coefficient (Wildman–Crippen LogP) is 4.73. The first kappa shape index (κ1) is 13.0. The average Bonchev–Trinajstić information content (AvgIpc) is 1.99. The topological polar surface area (TPSA) is 9.23 Å². The highest BCUT2D eigenvalue weighted by Crippen LogP contribution is 2.40. The van der Waals surface area contributed by atoms with Crippen LogP contribution in [0.3, 0.4) is 0 Å². The maximum Gasteiger partial charge on any atom is 0.244 e. The minimum atomic E-state index is -1.70. The molecular formula is C11H13Br2FO. The molecule has 0 radical (unpaired) electrons. The van der Waals surface area contributed by atoms with Gasteiger partial charge < -0.3 is 4.74 Å². The third-order valence-corrected chi connectivity index (χ3v) is 2.50. The molecular weight excluding hydrogens is 327 g/mol. The fraction of sp³-hybridized carbons (Fsp3) is 0.455. The number of rotatable bonds is 2. The Morgan fingerprint density at radius 2 is 1.80 bits per heavy atom. The van der Waals surface area contributed by atoms with E-state index in [2.05, 4.69) is 31.9 Å². The molecule has 0 aliphatic heterocycles. The van der Waals surface area contributed by atoms with Gasteiger partial charge in [-0.3, -0.25) is 0 Å². The molecule has 1 aromatic rings. The van der Waals surface area contributed by atoms with E-state index in [0.29, 0.717) is 11.3 Å². The lowest BCUT2D eigenvalue weighted by molar-refractivity contribution is 0.130. The van der Waals surface area contributed by atoms with E-state index in [9.17, 15) is 4.39 Å². The summed E-state index contributed by atoms with van der Waals surface area (Å²) < 4.78 is 17.4. The molecule has 1 aromatic carbocycles. The average molecular weight is 340 g/mol. The van der Waals surface area contributed by atoms with Crippen LogP contribution in [0.2, 0.25) is 0 Å². The van der Waals surface area contributed by atoms with Gasteiger partial charge in [-0.2, -0.15) is 0 Å². The summed E-state index contributed by atoms with van der Waals surface area (Å²) in [5, 5.41) is 0. The molecule has 0 atom stereocenters. The maximum absolute atomic E-state index is 13.5. The van der Waals surface area contributed by atoms with Crippen LogP contribution in [0.5, 0.6) is 5.75 Å². The molecule has 0 aromatic heterocycles. The van der Waals surface area contributed by atoms with Crippen LogP contribution >= 0.6 is 31.9 Å². The van der Waals surface area contributed by atoms with Crippen LogP contribution in [0, 0.1) is 0 Å². The highest BCUT2D eigenvalue weighted by molar-refractivity contribution is 9.24. The molecule has 0 unspecified atom stereocenters. The lowest BCUT2D eigenvalue weighted by Crippen LogP contribution is -2.23. The Balaban J connectivity index is 2.94. The van der Waals surface area contributed by atoms with Crippen molar-refractivity contribution in [3.63, 3.8) is 0 Å². The minimum Gasteiger partial charge on any atom is -0.488 e. The smallest absolute Gasteiger partial charge is 0.244 e. The molecule has 0 spiro atoms. The molecule has 4 heteroatoms. The summed E-state index contributed by atoms with van der Waals surface area (Å²) in [6, 6.07) is 6.90. The second kappa shape index (κ2) is 4.42. The number of hydrogen-bond acceptors (Lipinski definition) is 1. The highest BCUT2D eigenvalue weighted by atomic mass is 79.9. The van der Waals surface area contributed by atoms with Crippen LogP contribution in [0.4, 0.5) is 4.39 Å². The molecule has 1 nitrogen and oxygen atoms in total. The first-order chi connectivity index (χ1) is 6.68. The van der Waals surface area contributed by atoms with Crippen LogP contribution in [0.25, 0.3) is 0 Å². The van der Waals surface area contributed by atoms with Gasteiger partial charge >= 0.3 is 0 Å². The summed E-state index contributed by atoms with van der Waals surface area (Å²) in [6.45, 7) is 5.85. The van der Waals surface area contributed by atoms with Crippen LogP contribution in [-0.4, -0.2) is 5.60 Å². The van der Waals surface area contributed by atoms with Gasteiger partial charge in [0.15, 0.2) is 0 Å². The Labute approximate surface area is 106 Å². The number of benzene rings is 1. The monoisotopic (exact) mass is 338 g/mol. The van der Waals surface area contributed by atoms with Crippen molar-refractivity contribution in [2.24, 2.45) is 0 Å². The number of ether oxygens (including phenoxy) is 1. The van der Waals surface area contributed by atoms with Gasteiger partial charge in [0.05, 0.1) is 0 Å². The van der Waals surface area contributed by atoms with Crippen molar-refractivity contribution in [2.45, 2.75) is 29.9 Å². The Bertz CT molecular complexity index is 339. The maximum atomic E-state index is 13.5. The molecule has 0 aliphatic carbocycles. The van der Waals surface area contributed by atoms with E-state index >= 15 is 0 Å².